The lowest BCUT2D eigenvalue weighted by atomic mass is 9.66. The maximum Gasteiger partial charge on any atom is 0.263 e. The van der Waals surface area contributed by atoms with E-state index in [-0.39, 0.29) is 11.1 Å². The van der Waals surface area contributed by atoms with Gasteiger partial charge in [-0.05, 0) is 37.8 Å². The van der Waals surface area contributed by atoms with Crippen LogP contribution >= 0.6 is 0 Å². The zero-order valence-electron chi connectivity index (χ0n) is 16.0. The minimum absolute atomic E-state index is 0.0344. The van der Waals surface area contributed by atoms with Crippen LogP contribution in [-0.4, -0.2) is 16.1 Å². The van der Waals surface area contributed by atoms with E-state index in [4.69, 9.17) is 4.74 Å². The summed E-state index contributed by atoms with van der Waals surface area (Å²) in [6, 6.07) is 0. The Morgan fingerprint density at radius 2 is 2.00 bits per heavy atom. The third kappa shape index (κ3) is 2.62. The summed E-state index contributed by atoms with van der Waals surface area (Å²) in [5, 5.41) is 0. The van der Waals surface area contributed by atoms with Crippen molar-refractivity contribution in [2.75, 3.05) is 0 Å². The maximum absolute atomic E-state index is 6.48. The molecule has 0 amide bonds. The molecule has 2 aliphatic heterocycles. The normalized spacial score (nSPS) is 28.4. The minimum atomic E-state index is -0.295. The van der Waals surface area contributed by atoms with Gasteiger partial charge >= 0.3 is 0 Å². The van der Waals surface area contributed by atoms with Gasteiger partial charge in [-0.25, -0.2) is 0 Å². The highest BCUT2D eigenvalue weighted by atomic mass is 16.5. The van der Waals surface area contributed by atoms with Crippen molar-refractivity contribution in [3.8, 4) is 0 Å². The number of allylic oxidation sites excluding steroid dienone is 5. The smallest absolute Gasteiger partial charge is 0.263 e. The van der Waals surface area contributed by atoms with Gasteiger partial charge in [0.1, 0.15) is 0 Å². The second kappa shape index (κ2) is 6.42. The number of nitrogens with one attached hydrogen (secondary N) is 1. The van der Waals surface area contributed by atoms with Gasteiger partial charge in [-0.1, -0.05) is 56.9 Å². The first-order valence-electron chi connectivity index (χ1n) is 9.72. The van der Waals surface area contributed by atoms with E-state index in [0.29, 0.717) is 5.92 Å². The fourth-order valence-corrected chi connectivity index (χ4v) is 4.46. The second-order valence-corrected chi connectivity index (χ2v) is 7.75. The van der Waals surface area contributed by atoms with Gasteiger partial charge in [-0.15, -0.1) is 5.43 Å². The number of unbranched alkanes of at least 4 members (excludes halogenated alkanes) is 1. The molecule has 0 saturated carbocycles. The second-order valence-electron chi connectivity index (χ2n) is 7.75. The predicted molar refractivity (Wildman–Crippen MR) is 99.5 cm³/mol. The van der Waals surface area contributed by atoms with Crippen molar-refractivity contribution in [1.82, 2.24) is 5.43 Å². The molecule has 0 bridgehead atoms. The molecule has 0 saturated heterocycles. The van der Waals surface area contributed by atoms with Crippen molar-refractivity contribution < 1.29 is 9.42 Å². The summed E-state index contributed by atoms with van der Waals surface area (Å²) in [5.41, 5.74) is 6.23. The summed E-state index contributed by atoms with van der Waals surface area (Å²) >= 11 is 0. The number of hydrogen-bond acceptors (Lipinski definition) is 2. The molecule has 3 heteroatoms. The Labute approximate surface area is 147 Å². The summed E-state index contributed by atoms with van der Waals surface area (Å²) in [5.74, 6) is 1.66. The van der Waals surface area contributed by atoms with Crippen molar-refractivity contribution >= 4 is 5.71 Å². The monoisotopic (exact) mass is 329 g/mol. The fraction of sp³-hybridized carbons (Fsp3) is 0.667. The first-order valence-corrected chi connectivity index (χ1v) is 9.72. The van der Waals surface area contributed by atoms with E-state index in [1.807, 2.05) is 0 Å². The molecule has 2 heterocycles. The van der Waals surface area contributed by atoms with Gasteiger partial charge < -0.3 is 4.74 Å². The van der Waals surface area contributed by atoms with Crippen molar-refractivity contribution in [3.05, 3.63) is 35.8 Å². The van der Waals surface area contributed by atoms with Gasteiger partial charge in [0.15, 0.2) is 12.0 Å². The van der Waals surface area contributed by atoms with Gasteiger partial charge in [0, 0.05) is 12.8 Å². The van der Waals surface area contributed by atoms with Crippen LogP contribution in [0.2, 0.25) is 0 Å². The van der Waals surface area contributed by atoms with Gasteiger partial charge in [-0.3, -0.25) is 0 Å². The molecule has 0 aromatic carbocycles. The van der Waals surface area contributed by atoms with Crippen molar-refractivity contribution in [2.24, 2.45) is 11.3 Å². The molecule has 0 radical (unpaired) electrons. The molecule has 1 aliphatic carbocycles. The van der Waals surface area contributed by atoms with E-state index in [1.165, 1.54) is 25.0 Å². The van der Waals surface area contributed by atoms with E-state index < -0.39 is 0 Å². The van der Waals surface area contributed by atoms with Crippen LogP contribution in [0.25, 0.3) is 0 Å². The average molecular weight is 330 g/mol. The summed E-state index contributed by atoms with van der Waals surface area (Å²) in [6.45, 7) is 11.4. The highest BCUT2D eigenvalue weighted by molar-refractivity contribution is 6.03. The quantitative estimate of drug-likeness (QED) is 0.688. The fourth-order valence-electron chi connectivity index (χ4n) is 4.46. The van der Waals surface area contributed by atoms with Crippen LogP contribution in [0.1, 0.15) is 73.1 Å². The highest BCUT2D eigenvalue weighted by Crippen LogP contribution is 2.47. The molecule has 0 aromatic heterocycles. The topological polar surface area (TPSA) is 24.3 Å². The van der Waals surface area contributed by atoms with E-state index >= 15 is 0 Å². The molecule has 24 heavy (non-hydrogen) atoms. The van der Waals surface area contributed by atoms with Crippen LogP contribution in [0.4, 0.5) is 0 Å². The highest BCUT2D eigenvalue weighted by Gasteiger charge is 2.53. The van der Waals surface area contributed by atoms with Gasteiger partial charge in [0.25, 0.3) is 5.71 Å². The van der Waals surface area contributed by atoms with Crippen molar-refractivity contribution in [3.63, 3.8) is 0 Å². The molecule has 3 aliphatic rings. The van der Waals surface area contributed by atoms with Crippen LogP contribution in [0.3, 0.4) is 0 Å². The molecule has 0 aromatic rings. The number of rotatable bonds is 6. The lowest BCUT2D eigenvalue weighted by Crippen LogP contribution is -2.60. The van der Waals surface area contributed by atoms with Gasteiger partial charge in [0.2, 0.25) is 5.72 Å². The summed E-state index contributed by atoms with van der Waals surface area (Å²) in [6.07, 6.45) is 15.8. The number of nitrogens with zero attached hydrogens (tertiary/aromatic N) is 1. The van der Waals surface area contributed by atoms with E-state index in [1.54, 1.807) is 5.57 Å². The zero-order chi connectivity index (χ0) is 17.4. The van der Waals surface area contributed by atoms with E-state index in [2.05, 4.69) is 69.2 Å². The summed E-state index contributed by atoms with van der Waals surface area (Å²) < 4.78 is 8.72. The Balaban J connectivity index is 2.03. The van der Waals surface area contributed by atoms with Crippen molar-refractivity contribution in [1.29, 1.82) is 0 Å². The molecule has 0 spiro atoms. The molecule has 2 atom stereocenters. The standard InChI is InChI=1S/C21H33N2O/c1-6-9-11-16(4)17-12-13-18-19-20(17,5)14-10-15-23(19)22-21(7-2,8-3)24-18/h10,12-13,15-16,22H,6-9,11,14H2,1-5H3/q+1. The molecule has 132 valence electrons. The van der Waals surface area contributed by atoms with E-state index in [9.17, 15) is 0 Å². The third-order valence-electron chi connectivity index (χ3n) is 6.12. The van der Waals surface area contributed by atoms with Crippen LogP contribution in [0.15, 0.2) is 35.8 Å². The van der Waals surface area contributed by atoms with Crippen molar-refractivity contribution in [2.45, 2.75) is 78.9 Å². The first-order chi connectivity index (χ1) is 11.5. The summed E-state index contributed by atoms with van der Waals surface area (Å²) in [4.78, 5) is 0. The number of ether oxygens (including phenoxy) is 1. The Hall–Kier alpha value is -1.51. The molecule has 3 nitrogen and oxygen atoms in total. The van der Waals surface area contributed by atoms with Crippen LogP contribution in [0, 0.1) is 11.3 Å². The number of hydrazine groups is 1. The van der Waals surface area contributed by atoms with Crippen LogP contribution in [0.5, 0.6) is 0 Å². The van der Waals surface area contributed by atoms with Crippen LogP contribution < -0.4 is 5.43 Å². The minimum Gasteiger partial charge on any atom is -0.456 e. The van der Waals surface area contributed by atoms with Gasteiger partial charge in [0.05, 0.1) is 5.41 Å². The number of hydrogen-bond donors (Lipinski definition) is 1. The summed E-state index contributed by atoms with van der Waals surface area (Å²) in [7, 11) is 0. The molecular weight excluding hydrogens is 296 g/mol. The molecule has 3 rings (SSSR count). The Bertz CT molecular complexity index is 622. The van der Waals surface area contributed by atoms with E-state index in [0.717, 1.165) is 25.0 Å². The average Bonchev–Trinajstić information content (AvgIpc) is 2.59. The van der Waals surface area contributed by atoms with Crippen LogP contribution in [-0.2, 0) is 4.74 Å². The third-order valence-corrected chi connectivity index (χ3v) is 6.12. The number of hydrazone groups is 1. The lowest BCUT2D eigenvalue weighted by molar-refractivity contribution is -0.567. The molecular formula is C21H33N2O+. The Morgan fingerprint density at radius 3 is 2.67 bits per heavy atom. The SMILES string of the molecule is CCCCC(C)C1=CC=C2OC(CC)(CC)N[N+]3=C2C1(C)CC=C3. The maximum atomic E-state index is 6.48. The molecule has 2 unspecified atom stereocenters. The van der Waals surface area contributed by atoms with Gasteiger partial charge in [-0.2, -0.15) is 0 Å². The lowest BCUT2D eigenvalue weighted by Gasteiger charge is -2.44. The Kier molecular flexibility index (Phi) is 4.63. The first kappa shape index (κ1) is 17.3. The largest absolute Gasteiger partial charge is 0.456 e. The molecule has 0 fully saturated rings. The Morgan fingerprint density at radius 1 is 1.25 bits per heavy atom. The zero-order valence-corrected chi connectivity index (χ0v) is 16.0. The molecule has 1 N–H and O–H groups in total. The predicted octanol–water partition coefficient (Wildman–Crippen LogP) is 5.06.